The number of hydrogen-bond acceptors (Lipinski definition) is 7. The Morgan fingerprint density at radius 1 is 1.17 bits per heavy atom. The van der Waals surface area contributed by atoms with Crippen molar-refractivity contribution in [1.82, 2.24) is 18.8 Å². The maximum absolute atomic E-state index is 13.2. The van der Waals surface area contributed by atoms with E-state index in [0.717, 1.165) is 19.3 Å². The van der Waals surface area contributed by atoms with Crippen LogP contribution in [-0.2, 0) is 26.1 Å². The van der Waals surface area contributed by atoms with Gasteiger partial charge in [-0.3, -0.25) is 14.2 Å². The van der Waals surface area contributed by atoms with E-state index in [1.165, 1.54) is 26.5 Å². The molecule has 11 heteroatoms. The van der Waals surface area contributed by atoms with Crippen LogP contribution in [0.5, 0.6) is 0 Å². The topological polar surface area (TPSA) is 102 Å². The van der Waals surface area contributed by atoms with E-state index in [4.69, 9.17) is 4.74 Å². The third-order valence-corrected chi connectivity index (χ3v) is 8.60. The number of piperidine rings is 1. The monoisotopic (exact) mass is 440 g/mol. The summed E-state index contributed by atoms with van der Waals surface area (Å²) in [5, 5.41) is 0.0768. The van der Waals surface area contributed by atoms with E-state index in [2.05, 4.69) is 4.98 Å². The molecule has 0 aromatic carbocycles. The summed E-state index contributed by atoms with van der Waals surface area (Å²) >= 11 is 1.18. The first-order valence-electron chi connectivity index (χ1n) is 9.74. The first-order chi connectivity index (χ1) is 13.9. The fraction of sp³-hybridized carbons (Fsp3) is 0.611. The van der Waals surface area contributed by atoms with Crippen LogP contribution < -0.4 is 5.56 Å². The molecule has 2 aromatic heterocycles. The number of thiophene rings is 1. The fourth-order valence-electron chi connectivity index (χ4n) is 3.84. The van der Waals surface area contributed by atoms with Gasteiger partial charge in [-0.2, -0.15) is 4.31 Å². The van der Waals surface area contributed by atoms with Crippen LogP contribution in [0.2, 0.25) is 0 Å². The molecule has 0 saturated carbocycles. The molecule has 2 aromatic rings. The minimum absolute atomic E-state index is 0.0108. The van der Waals surface area contributed by atoms with E-state index in [-0.39, 0.29) is 35.8 Å². The Morgan fingerprint density at radius 2 is 1.86 bits per heavy atom. The van der Waals surface area contributed by atoms with Crippen LogP contribution in [0.15, 0.2) is 16.0 Å². The lowest BCUT2D eigenvalue weighted by Gasteiger charge is -2.27. The Hall–Kier alpha value is -1.82. The number of amides is 1. The summed E-state index contributed by atoms with van der Waals surface area (Å²) in [5.74, 6) is -0.141. The summed E-state index contributed by atoms with van der Waals surface area (Å²) < 4.78 is 34.3. The highest BCUT2D eigenvalue weighted by Crippen LogP contribution is 2.33. The number of ether oxygens (including phenoxy) is 1. The van der Waals surface area contributed by atoms with E-state index in [1.807, 2.05) is 0 Å². The van der Waals surface area contributed by atoms with E-state index in [0.29, 0.717) is 36.0 Å². The van der Waals surface area contributed by atoms with E-state index in [9.17, 15) is 18.0 Å². The Kier molecular flexibility index (Phi) is 5.74. The van der Waals surface area contributed by atoms with Gasteiger partial charge in [0.05, 0.1) is 24.9 Å². The molecule has 0 bridgehead atoms. The first-order valence-corrected chi connectivity index (χ1v) is 12.0. The third kappa shape index (κ3) is 3.83. The molecule has 0 radical (unpaired) electrons. The summed E-state index contributed by atoms with van der Waals surface area (Å²) in [6.07, 6.45) is 4.37. The molecule has 4 rings (SSSR count). The molecule has 1 amide bonds. The third-order valence-electron chi connectivity index (χ3n) is 5.38. The number of morpholine rings is 1. The number of fused-ring (bicyclic) bond motifs is 1. The molecule has 0 spiro atoms. The highest BCUT2D eigenvalue weighted by atomic mass is 32.2. The van der Waals surface area contributed by atoms with Crippen LogP contribution in [0.25, 0.3) is 10.2 Å². The number of carbonyl (C=O) groups excluding carboxylic acids is 1. The van der Waals surface area contributed by atoms with Gasteiger partial charge < -0.3 is 9.64 Å². The summed E-state index contributed by atoms with van der Waals surface area (Å²) in [7, 11) is -3.85. The molecule has 0 N–H and O–H groups in total. The van der Waals surface area contributed by atoms with Gasteiger partial charge in [-0.05, 0) is 26.2 Å². The quantitative estimate of drug-likeness (QED) is 0.697. The van der Waals surface area contributed by atoms with Crippen molar-refractivity contribution >= 4 is 37.5 Å². The summed E-state index contributed by atoms with van der Waals surface area (Å²) in [5.41, 5.74) is -0.489. The molecule has 2 aliphatic heterocycles. The highest BCUT2D eigenvalue weighted by molar-refractivity contribution is 7.89. The molecular weight excluding hydrogens is 416 g/mol. The number of aromatic nitrogens is 2. The highest BCUT2D eigenvalue weighted by Gasteiger charge is 2.33. The zero-order chi connectivity index (χ0) is 20.6. The van der Waals surface area contributed by atoms with Crippen LogP contribution in [0, 0.1) is 6.92 Å². The number of rotatable bonds is 4. The molecule has 4 heterocycles. The van der Waals surface area contributed by atoms with Crippen molar-refractivity contribution in [2.45, 2.75) is 37.6 Å². The lowest BCUT2D eigenvalue weighted by Crippen LogP contribution is -2.41. The molecule has 2 saturated heterocycles. The van der Waals surface area contributed by atoms with Crippen LogP contribution in [0.3, 0.4) is 0 Å². The van der Waals surface area contributed by atoms with Gasteiger partial charge in [-0.15, -0.1) is 11.3 Å². The minimum Gasteiger partial charge on any atom is -0.379 e. The lowest BCUT2D eigenvalue weighted by atomic mass is 10.1. The van der Waals surface area contributed by atoms with Crippen molar-refractivity contribution in [3.05, 3.63) is 21.6 Å². The Bertz CT molecular complexity index is 1080. The number of carbonyl (C=O) groups is 1. The number of hydrogen-bond donors (Lipinski definition) is 0. The molecule has 0 aliphatic carbocycles. The molecule has 2 aliphatic rings. The van der Waals surface area contributed by atoms with Crippen molar-refractivity contribution in [2.75, 3.05) is 39.4 Å². The SMILES string of the molecule is Cc1sc2ncn(CC(=O)N3CCCCC3)c(=O)c2c1S(=O)(=O)N1CCOCC1. The number of sulfonamides is 1. The normalized spacial score (nSPS) is 19.0. The van der Waals surface area contributed by atoms with Gasteiger partial charge >= 0.3 is 0 Å². The molecule has 2 fully saturated rings. The molecule has 158 valence electrons. The number of nitrogens with zero attached hydrogens (tertiary/aromatic N) is 4. The Balaban J connectivity index is 1.73. The van der Waals surface area contributed by atoms with Gasteiger partial charge in [0.2, 0.25) is 15.9 Å². The summed E-state index contributed by atoms with van der Waals surface area (Å²) in [4.78, 5) is 32.7. The van der Waals surface area contributed by atoms with Crippen LogP contribution in [0.1, 0.15) is 24.1 Å². The predicted molar refractivity (Wildman–Crippen MR) is 109 cm³/mol. The summed E-state index contributed by atoms with van der Waals surface area (Å²) in [6, 6.07) is 0. The van der Waals surface area contributed by atoms with Gasteiger partial charge in [-0.25, -0.2) is 13.4 Å². The molecule has 29 heavy (non-hydrogen) atoms. The average Bonchev–Trinajstić information content (AvgIpc) is 3.09. The molecule has 0 atom stereocenters. The standard InChI is InChI=1S/C18H24N4O5S2/c1-13-16(29(25,26)22-7-9-27-10-8-22)15-17(28-13)19-12-21(18(15)24)11-14(23)20-5-3-2-4-6-20/h12H,2-11H2,1H3. The van der Waals surface area contributed by atoms with E-state index >= 15 is 0 Å². The fourth-order valence-corrected chi connectivity index (χ4v) is 6.92. The Morgan fingerprint density at radius 3 is 2.55 bits per heavy atom. The average molecular weight is 441 g/mol. The first kappa shape index (κ1) is 20.5. The molecule has 9 nitrogen and oxygen atoms in total. The van der Waals surface area contributed by atoms with Crippen LogP contribution in [-0.4, -0.2) is 72.5 Å². The van der Waals surface area contributed by atoms with E-state index < -0.39 is 15.6 Å². The van der Waals surface area contributed by atoms with Crippen LogP contribution in [0.4, 0.5) is 0 Å². The Labute approximate surface area is 172 Å². The maximum atomic E-state index is 13.2. The largest absolute Gasteiger partial charge is 0.379 e. The second kappa shape index (κ2) is 8.13. The number of likely N-dealkylation sites (tertiary alicyclic amines) is 1. The smallest absolute Gasteiger partial charge is 0.263 e. The van der Waals surface area contributed by atoms with Crippen molar-refractivity contribution in [3.8, 4) is 0 Å². The van der Waals surface area contributed by atoms with Gasteiger partial charge in [0.1, 0.15) is 16.3 Å². The van der Waals surface area contributed by atoms with Gasteiger partial charge in [0, 0.05) is 31.1 Å². The van der Waals surface area contributed by atoms with Gasteiger partial charge in [-0.1, -0.05) is 0 Å². The predicted octanol–water partition coefficient (Wildman–Crippen LogP) is 0.800. The zero-order valence-corrected chi connectivity index (χ0v) is 17.9. The number of aryl methyl sites for hydroxylation is 1. The van der Waals surface area contributed by atoms with Gasteiger partial charge in [0.15, 0.2) is 0 Å². The lowest BCUT2D eigenvalue weighted by molar-refractivity contribution is -0.132. The molecular formula is C18H24N4O5S2. The zero-order valence-electron chi connectivity index (χ0n) is 16.3. The van der Waals surface area contributed by atoms with Crippen molar-refractivity contribution < 1.29 is 17.9 Å². The van der Waals surface area contributed by atoms with Crippen molar-refractivity contribution in [2.24, 2.45) is 0 Å². The molecule has 0 unspecified atom stereocenters. The van der Waals surface area contributed by atoms with Crippen molar-refractivity contribution in [3.63, 3.8) is 0 Å². The summed E-state index contributed by atoms with van der Waals surface area (Å²) in [6.45, 7) is 4.09. The van der Waals surface area contributed by atoms with E-state index in [1.54, 1.807) is 11.8 Å². The van der Waals surface area contributed by atoms with Crippen LogP contribution >= 0.6 is 11.3 Å². The van der Waals surface area contributed by atoms with Crippen molar-refractivity contribution in [1.29, 1.82) is 0 Å². The maximum Gasteiger partial charge on any atom is 0.263 e. The minimum atomic E-state index is -3.85. The van der Waals surface area contributed by atoms with Gasteiger partial charge in [0.25, 0.3) is 5.56 Å². The second-order valence-corrected chi connectivity index (χ2v) is 10.4. The second-order valence-electron chi connectivity index (χ2n) is 7.30.